The highest BCUT2D eigenvalue weighted by atomic mass is 16.7. The van der Waals surface area contributed by atoms with Crippen molar-refractivity contribution >= 4 is 12.6 Å². The summed E-state index contributed by atoms with van der Waals surface area (Å²) >= 11 is 0. The van der Waals surface area contributed by atoms with Crippen molar-refractivity contribution in [1.29, 1.82) is 0 Å². The van der Waals surface area contributed by atoms with Gasteiger partial charge in [-0.3, -0.25) is 4.98 Å². The molecule has 1 unspecified atom stereocenters. The van der Waals surface area contributed by atoms with Gasteiger partial charge in [-0.05, 0) is 33.8 Å². The van der Waals surface area contributed by atoms with E-state index in [1.54, 1.807) is 6.20 Å². The average molecular weight is 291 g/mol. The summed E-state index contributed by atoms with van der Waals surface area (Å²) in [5.41, 5.74) is 1.14. The third kappa shape index (κ3) is 2.86. The smallest absolute Gasteiger partial charge is 0.399 e. The number of hydrogen-bond acceptors (Lipinski definition) is 5. The Bertz CT molecular complexity index is 481. The molecule has 114 valence electrons. The van der Waals surface area contributed by atoms with Crippen LogP contribution in [0.25, 0.3) is 0 Å². The molecule has 1 atom stereocenters. The molecule has 0 amide bonds. The SMILES string of the molecule is CC1(C)OB(c2ccc(C3COCCO3)nc2)OC1(C)C. The Morgan fingerprint density at radius 2 is 1.81 bits per heavy atom. The number of ether oxygens (including phenoxy) is 2. The number of pyridine rings is 1. The Balaban J connectivity index is 1.73. The normalized spacial score (nSPS) is 27.8. The predicted octanol–water partition coefficient (Wildman–Crippen LogP) is 1.47. The zero-order valence-electron chi connectivity index (χ0n) is 13.1. The number of aromatic nitrogens is 1. The molecule has 1 aromatic rings. The maximum atomic E-state index is 6.02. The van der Waals surface area contributed by atoms with Crippen molar-refractivity contribution in [2.24, 2.45) is 0 Å². The second kappa shape index (κ2) is 5.36. The van der Waals surface area contributed by atoms with Gasteiger partial charge in [0.2, 0.25) is 0 Å². The van der Waals surface area contributed by atoms with Gasteiger partial charge >= 0.3 is 7.12 Å². The largest absolute Gasteiger partial charge is 0.496 e. The van der Waals surface area contributed by atoms with Crippen LogP contribution in [0, 0.1) is 0 Å². The lowest BCUT2D eigenvalue weighted by atomic mass is 9.80. The number of nitrogens with zero attached hydrogens (tertiary/aromatic N) is 1. The van der Waals surface area contributed by atoms with E-state index in [-0.39, 0.29) is 24.4 Å². The van der Waals surface area contributed by atoms with Gasteiger partial charge in [0.1, 0.15) is 6.10 Å². The van der Waals surface area contributed by atoms with Gasteiger partial charge in [0, 0.05) is 11.7 Å². The first-order chi connectivity index (χ1) is 9.89. The lowest BCUT2D eigenvalue weighted by Gasteiger charge is -2.32. The van der Waals surface area contributed by atoms with E-state index < -0.39 is 0 Å². The Kier molecular flexibility index (Phi) is 3.82. The van der Waals surface area contributed by atoms with Crippen molar-refractivity contribution in [2.75, 3.05) is 19.8 Å². The molecule has 0 radical (unpaired) electrons. The Morgan fingerprint density at radius 1 is 1.10 bits per heavy atom. The van der Waals surface area contributed by atoms with Crippen LogP contribution in [0.15, 0.2) is 18.3 Å². The van der Waals surface area contributed by atoms with E-state index in [4.69, 9.17) is 18.8 Å². The van der Waals surface area contributed by atoms with Crippen LogP contribution in [-0.4, -0.2) is 43.1 Å². The van der Waals surface area contributed by atoms with Crippen molar-refractivity contribution in [3.8, 4) is 0 Å². The number of rotatable bonds is 2. The minimum absolute atomic E-state index is 0.0777. The van der Waals surface area contributed by atoms with Crippen molar-refractivity contribution in [3.05, 3.63) is 24.0 Å². The fourth-order valence-electron chi connectivity index (χ4n) is 2.38. The first-order valence-corrected chi connectivity index (χ1v) is 7.40. The summed E-state index contributed by atoms with van der Waals surface area (Å²) in [6.45, 7) is 10.0. The van der Waals surface area contributed by atoms with Crippen LogP contribution in [0.3, 0.4) is 0 Å². The molecule has 0 saturated carbocycles. The second-order valence-electron chi connectivity index (χ2n) is 6.54. The van der Waals surface area contributed by atoms with Crippen LogP contribution in [-0.2, 0) is 18.8 Å². The molecule has 0 aromatic carbocycles. The van der Waals surface area contributed by atoms with E-state index in [1.807, 2.05) is 39.8 Å². The second-order valence-corrected chi connectivity index (χ2v) is 6.54. The van der Waals surface area contributed by atoms with Crippen molar-refractivity contribution in [1.82, 2.24) is 4.98 Å². The molecule has 5 nitrogen and oxygen atoms in total. The van der Waals surface area contributed by atoms with E-state index in [9.17, 15) is 0 Å². The van der Waals surface area contributed by atoms with Gasteiger partial charge < -0.3 is 18.8 Å². The van der Waals surface area contributed by atoms with Gasteiger partial charge in [0.25, 0.3) is 0 Å². The summed E-state index contributed by atoms with van der Waals surface area (Å²) in [5.74, 6) is 0. The molecule has 2 aliphatic heterocycles. The molecule has 2 fully saturated rings. The fraction of sp³-hybridized carbons (Fsp3) is 0.667. The van der Waals surface area contributed by atoms with Gasteiger partial charge in [0.05, 0.1) is 36.7 Å². The molecular formula is C15H22BNO4. The van der Waals surface area contributed by atoms with Crippen molar-refractivity contribution in [3.63, 3.8) is 0 Å². The van der Waals surface area contributed by atoms with E-state index in [2.05, 4.69) is 4.98 Å². The monoisotopic (exact) mass is 291 g/mol. The van der Waals surface area contributed by atoms with E-state index in [0.29, 0.717) is 19.8 Å². The summed E-state index contributed by atoms with van der Waals surface area (Å²) in [7, 11) is -0.375. The molecule has 2 saturated heterocycles. The molecule has 3 rings (SSSR count). The standard InChI is InChI=1S/C15H22BNO4/c1-14(2)15(3,4)21-16(20-14)11-5-6-12(17-9-11)13-10-18-7-8-19-13/h5-6,9,13H,7-8,10H2,1-4H3. The van der Waals surface area contributed by atoms with Gasteiger partial charge in [0.15, 0.2) is 0 Å². The molecule has 0 bridgehead atoms. The summed E-state index contributed by atoms with van der Waals surface area (Å²) in [5, 5.41) is 0. The van der Waals surface area contributed by atoms with Gasteiger partial charge in [-0.15, -0.1) is 0 Å². The molecule has 2 aliphatic rings. The first kappa shape index (κ1) is 15.0. The lowest BCUT2D eigenvalue weighted by molar-refractivity contribution is -0.0917. The van der Waals surface area contributed by atoms with Gasteiger partial charge in [-0.2, -0.15) is 0 Å². The Hall–Kier alpha value is -0.945. The molecule has 0 spiro atoms. The van der Waals surface area contributed by atoms with Crippen molar-refractivity contribution < 1.29 is 18.8 Å². The summed E-state index contributed by atoms with van der Waals surface area (Å²) < 4.78 is 23.1. The molecule has 1 aromatic heterocycles. The van der Waals surface area contributed by atoms with E-state index >= 15 is 0 Å². The van der Waals surface area contributed by atoms with Crippen LogP contribution >= 0.6 is 0 Å². The highest BCUT2D eigenvalue weighted by molar-refractivity contribution is 6.62. The van der Waals surface area contributed by atoms with Crippen LogP contribution in [0.2, 0.25) is 0 Å². The topological polar surface area (TPSA) is 49.8 Å². The van der Waals surface area contributed by atoms with Crippen molar-refractivity contribution in [2.45, 2.75) is 45.0 Å². The van der Waals surface area contributed by atoms with Crippen LogP contribution < -0.4 is 5.46 Å². The molecule has 3 heterocycles. The summed E-state index contributed by atoms with van der Waals surface area (Å²) in [4.78, 5) is 4.48. The first-order valence-electron chi connectivity index (χ1n) is 7.40. The average Bonchev–Trinajstić information content (AvgIpc) is 2.69. The third-order valence-electron chi connectivity index (χ3n) is 4.48. The summed E-state index contributed by atoms with van der Waals surface area (Å²) in [6.07, 6.45) is 1.72. The van der Waals surface area contributed by atoms with E-state index in [1.165, 1.54) is 0 Å². The molecule has 21 heavy (non-hydrogen) atoms. The molecule has 6 heteroatoms. The maximum absolute atomic E-state index is 6.02. The van der Waals surface area contributed by atoms with Crippen LogP contribution in [0.4, 0.5) is 0 Å². The highest BCUT2D eigenvalue weighted by Gasteiger charge is 2.51. The Morgan fingerprint density at radius 3 is 2.33 bits per heavy atom. The van der Waals surface area contributed by atoms with E-state index in [0.717, 1.165) is 11.2 Å². The van der Waals surface area contributed by atoms with Crippen LogP contribution in [0.1, 0.15) is 39.5 Å². The maximum Gasteiger partial charge on any atom is 0.496 e. The fourth-order valence-corrected chi connectivity index (χ4v) is 2.38. The van der Waals surface area contributed by atoms with Crippen LogP contribution in [0.5, 0.6) is 0 Å². The quantitative estimate of drug-likeness (QED) is 0.772. The molecule has 0 N–H and O–H groups in total. The minimum Gasteiger partial charge on any atom is -0.399 e. The lowest BCUT2D eigenvalue weighted by Crippen LogP contribution is -2.41. The van der Waals surface area contributed by atoms with Gasteiger partial charge in [-0.1, -0.05) is 6.07 Å². The minimum atomic E-state index is -0.375. The predicted molar refractivity (Wildman–Crippen MR) is 79.5 cm³/mol. The van der Waals surface area contributed by atoms with Gasteiger partial charge in [-0.25, -0.2) is 0 Å². The summed E-state index contributed by atoms with van der Waals surface area (Å²) in [6, 6.07) is 3.95. The Labute approximate surface area is 126 Å². The number of hydrogen-bond donors (Lipinski definition) is 0. The molecule has 0 aliphatic carbocycles. The molecular weight excluding hydrogens is 269 g/mol. The highest BCUT2D eigenvalue weighted by Crippen LogP contribution is 2.36. The zero-order valence-corrected chi connectivity index (χ0v) is 13.1. The third-order valence-corrected chi connectivity index (χ3v) is 4.48. The zero-order chi connectivity index (χ0) is 15.1.